The van der Waals surface area contributed by atoms with Crippen molar-refractivity contribution in [3.05, 3.63) is 56.8 Å². The van der Waals surface area contributed by atoms with Gasteiger partial charge in [0.05, 0.1) is 24.0 Å². The molecule has 0 saturated carbocycles. The number of rotatable bonds is 4. The summed E-state index contributed by atoms with van der Waals surface area (Å²) in [6.07, 6.45) is 2.48. The quantitative estimate of drug-likeness (QED) is 0.199. The first-order chi connectivity index (χ1) is 19.6. The van der Waals surface area contributed by atoms with E-state index >= 15 is 0 Å². The molecule has 42 heavy (non-hydrogen) atoms. The third kappa shape index (κ3) is 9.23. The van der Waals surface area contributed by atoms with Crippen LogP contribution in [0.5, 0.6) is 23.0 Å². The second-order valence-corrected chi connectivity index (χ2v) is 16.2. The summed E-state index contributed by atoms with van der Waals surface area (Å²) in [5.74, 6) is -2.84. The normalized spacial score (nSPS) is 16.4. The van der Waals surface area contributed by atoms with Crippen LogP contribution in [0.4, 0.5) is 18.4 Å². The van der Waals surface area contributed by atoms with E-state index in [9.17, 15) is 33.1 Å². The Balaban J connectivity index is 0.000000262. The van der Waals surface area contributed by atoms with Crippen molar-refractivity contribution in [3.63, 3.8) is 0 Å². The van der Waals surface area contributed by atoms with Gasteiger partial charge in [-0.25, -0.2) is 8.78 Å². The van der Waals surface area contributed by atoms with Crippen LogP contribution in [0.1, 0.15) is 11.1 Å². The van der Waals surface area contributed by atoms with Gasteiger partial charge >= 0.3 is 3.18 Å². The van der Waals surface area contributed by atoms with Gasteiger partial charge in [0.15, 0.2) is 23.0 Å². The number of carbonyl (C=O) groups excluding carboxylic acids is 4. The first-order valence-electron chi connectivity index (χ1n) is 11.1. The molecule has 0 unspecified atom stereocenters. The van der Waals surface area contributed by atoms with E-state index in [1.54, 1.807) is 0 Å². The monoisotopic (exact) mass is 814 g/mol. The number of aromatic hydroxyl groups is 2. The van der Waals surface area contributed by atoms with Crippen molar-refractivity contribution in [3.8, 4) is 23.0 Å². The zero-order valence-electron chi connectivity index (χ0n) is 22.0. The number of carbonyl (C=O) groups is 4. The lowest BCUT2D eigenvalue weighted by Gasteiger charge is -2.09. The van der Waals surface area contributed by atoms with E-state index in [1.165, 1.54) is 46.5 Å². The summed E-state index contributed by atoms with van der Waals surface area (Å²) in [6.45, 7) is 0. The minimum absolute atomic E-state index is 0.0616. The second-order valence-electron chi connectivity index (χ2n) is 7.82. The average Bonchev–Trinajstić information content (AvgIpc) is 3.31. The van der Waals surface area contributed by atoms with Crippen molar-refractivity contribution in [2.75, 3.05) is 28.3 Å². The zero-order valence-corrected chi connectivity index (χ0v) is 28.4. The largest absolute Gasteiger partial charge is 0.504 e. The van der Waals surface area contributed by atoms with Crippen LogP contribution in [-0.4, -0.2) is 73.8 Å². The molecule has 224 valence electrons. The van der Waals surface area contributed by atoms with Crippen LogP contribution < -0.4 is 9.47 Å². The van der Waals surface area contributed by atoms with Gasteiger partial charge in [-0.2, -0.15) is 0 Å². The van der Waals surface area contributed by atoms with Crippen molar-refractivity contribution in [2.45, 2.75) is 0 Å². The van der Waals surface area contributed by atoms with Crippen LogP contribution in [0.15, 0.2) is 34.1 Å². The Kier molecular flexibility index (Phi) is 13.4. The highest BCUT2D eigenvalue weighted by atomic mass is 79.9. The van der Waals surface area contributed by atoms with Crippen LogP contribution >= 0.6 is 70.8 Å². The van der Waals surface area contributed by atoms with Gasteiger partial charge in [-0.05, 0) is 47.8 Å². The maximum atomic E-state index is 13.9. The molecule has 0 atom stereocenters. The molecule has 2 saturated heterocycles. The van der Waals surface area contributed by atoms with Crippen molar-refractivity contribution in [1.82, 2.24) is 9.80 Å². The number of hydrogen-bond acceptors (Lipinski definition) is 10. The number of methoxy groups -OCH3 is 2. The predicted molar refractivity (Wildman–Crippen MR) is 169 cm³/mol. The number of likely N-dealkylation sites (N-methyl/N-ethyl adjacent to an activating group) is 2. The average molecular weight is 817 g/mol. The molecule has 0 aliphatic carbocycles. The van der Waals surface area contributed by atoms with E-state index in [0.29, 0.717) is 17.5 Å². The lowest BCUT2D eigenvalue weighted by atomic mass is 10.1. The number of halogens is 5. The van der Waals surface area contributed by atoms with Crippen LogP contribution in [0.25, 0.3) is 12.2 Å². The molecular weight excluding hydrogens is 797 g/mol. The minimum Gasteiger partial charge on any atom is -0.504 e. The van der Waals surface area contributed by atoms with Gasteiger partial charge in [0.25, 0.3) is 22.3 Å². The summed E-state index contributed by atoms with van der Waals surface area (Å²) in [6, 6.07) is 4.30. The van der Waals surface area contributed by atoms with E-state index in [1.807, 2.05) is 0 Å². The number of benzene rings is 2. The van der Waals surface area contributed by atoms with E-state index < -0.39 is 40.2 Å². The van der Waals surface area contributed by atoms with Gasteiger partial charge in [-0.3, -0.25) is 29.0 Å². The maximum absolute atomic E-state index is 13.9. The highest BCUT2D eigenvalue weighted by Crippen LogP contribution is 2.36. The van der Waals surface area contributed by atoms with E-state index in [-0.39, 0.29) is 35.1 Å². The summed E-state index contributed by atoms with van der Waals surface area (Å²) in [4.78, 5) is 48.1. The molecule has 2 N–H and O–H groups in total. The van der Waals surface area contributed by atoms with Crippen molar-refractivity contribution >= 4 is 108 Å². The van der Waals surface area contributed by atoms with Crippen molar-refractivity contribution in [2.24, 2.45) is 0 Å². The molecule has 0 bridgehead atoms. The van der Waals surface area contributed by atoms with Gasteiger partial charge in [0.2, 0.25) is 0 Å². The Labute approximate surface area is 272 Å². The number of amides is 4. The van der Waals surface area contributed by atoms with Gasteiger partial charge < -0.3 is 19.7 Å². The van der Waals surface area contributed by atoms with Gasteiger partial charge in [0, 0.05) is 37.4 Å². The van der Waals surface area contributed by atoms with Crippen LogP contribution in [0.2, 0.25) is 0 Å². The molecule has 2 fully saturated rings. The highest BCUT2D eigenvalue weighted by molar-refractivity contribution is 9.69. The first kappa shape index (κ1) is 35.7. The third-order valence-electron chi connectivity index (χ3n) is 5.14. The molecule has 2 aliphatic heterocycles. The van der Waals surface area contributed by atoms with Crippen molar-refractivity contribution in [1.29, 1.82) is 0 Å². The standard InChI is InChI=1S/C13H12FNO4S.C11H8FNO4S.BBr3/c1-15-12(16)11(20-13(15)17)5-7-4-9(18-2)10(19-3)6-8(7)14;1-13-10(16)9(18-11(13)17)3-5-2-7(14)8(15)4-6(5)12;2-1(3)4/h4-6H,1-3H3;2-4,14-15H,1H3;/b11-5-;9-3-;. The predicted octanol–water partition coefficient (Wildman–Crippen LogP) is 6.57. The molecule has 2 aromatic carbocycles. The third-order valence-corrected chi connectivity index (χ3v) is 7.06. The fourth-order valence-electron chi connectivity index (χ4n) is 3.03. The molecule has 2 heterocycles. The van der Waals surface area contributed by atoms with E-state index in [0.717, 1.165) is 39.8 Å². The fraction of sp³-hybridized carbons (Fsp3) is 0.167. The topological polar surface area (TPSA) is 134 Å². The van der Waals surface area contributed by atoms with Crippen LogP contribution in [0.3, 0.4) is 0 Å². The number of phenolic OH excluding ortho intramolecular Hbond substituents is 2. The smallest absolute Gasteiger partial charge is 0.369 e. The molecule has 0 aromatic heterocycles. The van der Waals surface area contributed by atoms with Crippen molar-refractivity contribution < 1.29 is 47.6 Å². The van der Waals surface area contributed by atoms with E-state index in [2.05, 4.69) is 47.3 Å². The number of nitrogens with zero attached hydrogens (tertiary/aromatic N) is 2. The summed E-state index contributed by atoms with van der Waals surface area (Å²) < 4.78 is 37.7. The molecule has 2 aromatic rings. The number of ether oxygens (including phenoxy) is 2. The molecule has 10 nitrogen and oxygen atoms in total. The number of thioether (sulfide) groups is 2. The Morgan fingerprint density at radius 1 is 0.738 bits per heavy atom. The molecule has 4 amide bonds. The Morgan fingerprint density at radius 3 is 1.48 bits per heavy atom. The Hall–Kier alpha value is -2.54. The summed E-state index contributed by atoms with van der Waals surface area (Å²) in [5.41, 5.74) is 0.0749. The SMILES string of the molecule is BrB(Br)Br.CN1C(=O)S/C(=C\c2cc(O)c(O)cc2F)C1=O.COc1cc(F)c(/C=C2\SC(=O)N(C)C2=O)cc1OC. The minimum atomic E-state index is -0.798. The lowest BCUT2D eigenvalue weighted by Crippen LogP contribution is -2.22. The molecule has 4 rings (SSSR count). The molecule has 2 aliphatic rings. The number of phenols is 2. The van der Waals surface area contributed by atoms with Gasteiger partial charge in [0.1, 0.15) is 11.6 Å². The summed E-state index contributed by atoms with van der Waals surface area (Å²) in [5, 5.41) is 17.5. The van der Waals surface area contributed by atoms with Gasteiger partial charge in [-0.1, -0.05) is 0 Å². The molecule has 18 heteroatoms. The second kappa shape index (κ2) is 15.8. The molecular formula is C24H20BBr3F2N2O8S2. The fourth-order valence-corrected chi connectivity index (χ4v) is 4.67. The zero-order chi connectivity index (χ0) is 31.9. The van der Waals surface area contributed by atoms with Gasteiger partial charge in [-0.15, -0.1) is 47.3 Å². The van der Waals surface area contributed by atoms with Crippen LogP contribution in [-0.2, 0) is 9.59 Å². The molecule has 0 spiro atoms. The molecule has 0 radical (unpaired) electrons. The Morgan fingerprint density at radius 2 is 1.10 bits per heavy atom. The first-order valence-corrected chi connectivity index (χ1v) is 15.5. The maximum Gasteiger partial charge on any atom is 0.369 e. The summed E-state index contributed by atoms with van der Waals surface area (Å²) >= 11 is 10.8. The van der Waals surface area contributed by atoms with Crippen LogP contribution in [0, 0.1) is 11.6 Å². The summed E-state index contributed by atoms with van der Waals surface area (Å²) in [7, 11) is 5.53. The highest BCUT2D eigenvalue weighted by Gasteiger charge is 2.33. The number of imide groups is 2. The Bertz CT molecular complexity index is 1480. The number of hydrogen-bond donors (Lipinski definition) is 2. The van der Waals surface area contributed by atoms with E-state index in [4.69, 9.17) is 14.6 Å². The lowest BCUT2D eigenvalue weighted by molar-refractivity contribution is -0.122.